The molecule has 4 N–H and O–H groups in total. The third-order valence-electron chi connectivity index (χ3n) is 0. The van der Waals surface area contributed by atoms with Gasteiger partial charge in [0.05, 0.1) is 0 Å². The predicted molar refractivity (Wildman–Crippen MR) is 18.7 cm³/mol. The van der Waals surface area contributed by atoms with Gasteiger partial charge >= 0.3 is 0 Å². The fourth-order valence-corrected chi connectivity index (χ4v) is 0. The second-order valence-electron chi connectivity index (χ2n) is 0. The van der Waals surface area contributed by atoms with E-state index in [-0.39, 0.29) is 39.5 Å². The van der Waals surface area contributed by atoms with Gasteiger partial charge in [-0.25, -0.2) is 0 Å². The van der Waals surface area contributed by atoms with Gasteiger partial charge in [0.1, 0.15) is 0 Å². The van der Waals surface area contributed by atoms with E-state index in [0.717, 1.165) is 0 Å². The van der Waals surface area contributed by atoms with Crippen LogP contribution < -0.4 is 0 Å². The summed E-state index contributed by atoms with van der Waals surface area (Å²) in [5.41, 5.74) is 0. The molecule has 8 radical (unpaired) electrons. The Balaban J connectivity index is 0. The van der Waals surface area contributed by atoms with Crippen LogP contribution in [0.1, 0.15) is 0 Å². The van der Waals surface area contributed by atoms with Crippen molar-refractivity contribution in [2.24, 2.45) is 0 Å². The molecular formula is H4GeO2Si. The van der Waals surface area contributed by atoms with Crippen molar-refractivity contribution in [2.45, 2.75) is 0 Å². The molecule has 4 heteroatoms. The van der Waals surface area contributed by atoms with Gasteiger partial charge in [-0.05, 0) is 0 Å². The summed E-state index contributed by atoms with van der Waals surface area (Å²) in [6, 6.07) is 0. The maximum Gasteiger partial charge on any atom is 0 e. The number of hydrogen-bond acceptors (Lipinski definition) is 0. The smallest absolute Gasteiger partial charge is 0 e. The van der Waals surface area contributed by atoms with Crippen LogP contribution in [0.5, 0.6) is 0 Å². The quantitative estimate of drug-likeness (QED) is 0.333. The molecule has 0 bridgehead atoms. The van der Waals surface area contributed by atoms with Crippen molar-refractivity contribution in [2.75, 3.05) is 0 Å². The Morgan fingerprint density at radius 3 is 0.750 bits per heavy atom. The van der Waals surface area contributed by atoms with Crippen molar-refractivity contribution in [3.05, 3.63) is 0 Å². The minimum absolute atomic E-state index is 0. The molecule has 0 aromatic carbocycles. The first-order chi connectivity index (χ1) is 0. The molecule has 0 unspecified atom stereocenters. The third-order valence-corrected chi connectivity index (χ3v) is 0. The average molecular weight is 137 g/mol. The van der Waals surface area contributed by atoms with Gasteiger partial charge in [-0.15, -0.1) is 0 Å². The van der Waals surface area contributed by atoms with Gasteiger partial charge in [-0.2, -0.15) is 0 Å². The monoisotopic (exact) mass is 138 g/mol. The average Bonchev–Trinajstić information content (AvgIpc) is 0. The van der Waals surface area contributed by atoms with E-state index in [1.807, 2.05) is 0 Å². The molecule has 2 nitrogen and oxygen atoms in total. The van der Waals surface area contributed by atoms with Crippen molar-refractivity contribution in [1.82, 2.24) is 0 Å². The molecule has 0 fully saturated rings. The topological polar surface area (TPSA) is 63.0 Å². The third kappa shape index (κ3) is 16.4. The van der Waals surface area contributed by atoms with Crippen LogP contribution in [0.15, 0.2) is 0 Å². The maximum atomic E-state index is 0. The van der Waals surface area contributed by atoms with Crippen LogP contribution in [0, 0.1) is 0 Å². The van der Waals surface area contributed by atoms with Crippen LogP contribution in [-0.4, -0.2) is 39.5 Å². The molecule has 0 atom stereocenters. The van der Waals surface area contributed by atoms with E-state index >= 15 is 0 Å². The molecule has 0 saturated heterocycles. The zero-order valence-electron chi connectivity index (χ0n) is 2.00. The molecule has 0 spiro atoms. The molecule has 0 rings (SSSR count). The largest absolute Gasteiger partial charge is 0.412 e. The van der Waals surface area contributed by atoms with Crippen LogP contribution in [0.3, 0.4) is 0 Å². The molecule has 0 aromatic heterocycles. The van der Waals surface area contributed by atoms with E-state index in [1.165, 1.54) is 0 Å². The summed E-state index contributed by atoms with van der Waals surface area (Å²) in [5, 5.41) is 0. The van der Waals surface area contributed by atoms with Crippen LogP contribution in [0.4, 0.5) is 0 Å². The van der Waals surface area contributed by atoms with Gasteiger partial charge in [0.25, 0.3) is 0 Å². The van der Waals surface area contributed by atoms with Crippen molar-refractivity contribution < 1.29 is 11.0 Å². The van der Waals surface area contributed by atoms with Crippen LogP contribution in [0.2, 0.25) is 0 Å². The van der Waals surface area contributed by atoms with Gasteiger partial charge < -0.3 is 11.0 Å². The molecule has 4 heavy (non-hydrogen) atoms. The summed E-state index contributed by atoms with van der Waals surface area (Å²) in [6.45, 7) is 0. The minimum atomic E-state index is 0. The van der Waals surface area contributed by atoms with E-state index in [2.05, 4.69) is 0 Å². The molecule has 0 saturated carbocycles. The Kier molecular flexibility index (Phi) is 1960. The fourth-order valence-electron chi connectivity index (χ4n) is 0. The van der Waals surface area contributed by atoms with E-state index in [0.29, 0.717) is 0 Å². The Hall–Kier alpha value is 0.680. The first-order valence-electron chi connectivity index (χ1n) is 0. The summed E-state index contributed by atoms with van der Waals surface area (Å²) in [5.74, 6) is 0. The Labute approximate surface area is 40.2 Å². The molecule has 0 amide bonds. The van der Waals surface area contributed by atoms with Gasteiger partial charge in [0.2, 0.25) is 0 Å². The summed E-state index contributed by atoms with van der Waals surface area (Å²) in [6.07, 6.45) is 0. The second-order valence-corrected chi connectivity index (χ2v) is 0. The van der Waals surface area contributed by atoms with Crippen LogP contribution in [0.25, 0.3) is 0 Å². The van der Waals surface area contributed by atoms with Gasteiger partial charge in [0.15, 0.2) is 0 Å². The normalized spacial score (nSPS) is 0. The molecule has 0 aliphatic carbocycles. The fraction of sp³-hybridized carbons (Fsp3) is 0. The number of hydrogen-bond donors (Lipinski definition) is 0. The zero-order chi connectivity index (χ0) is 0. The van der Waals surface area contributed by atoms with E-state index < -0.39 is 0 Å². The zero-order valence-corrected chi connectivity index (χ0v) is 5.10. The molecule has 0 heterocycles. The summed E-state index contributed by atoms with van der Waals surface area (Å²) in [7, 11) is 0. The second kappa shape index (κ2) is 57.2. The Morgan fingerprint density at radius 2 is 0.750 bits per heavy atom. The summed E-state index contributed by atoms with van der Waals surface area (Å²) >= 11 is 0. The van der Waals surface area contributed by atoms with Crippen LogP contribution in [-0.2, 0) is 0 Å². The van der Waals surface area contributed by atoms with E-state index in [9.17, 15) is 0 Å². The Bertz CT molecular complexity index is 6.00. The van der Waals surface area contributed by atoms with Crippen molar-refractivity contribution in [3.8, 4) is 0 Å². The molecule has 0 aliphatic heterocycles. The van der Waals surface area contributed by atoms with Crippen molar-refractivity contribution in [3.63, 3.8) is 0 Å². The molecular weight excluding hydrogens is 133 g/mol. The Morgan fingerprint density at radius 1 is 0.750 bits per heavy atom. The first kappa shape index (κ1) is 137. The predicted octanol–water partition coefficient (Wildman–Crippen LogP) is -2.41. The maximum absolute atomic E-state index is 0. The van der Waals surface area contributed by atoms with E-state index in [4.69, 9.17) is 0 Å². The standard InChI is InChI=1S/Ge.2H2O.Si/h;2*1H2;. The minimum Gasteiger partial charge on any atom is -0.412 e. The summed E-state index contributed by atoms with van der Waals surface area (Å²) in [4.78, 5) is 0. The van der Waals surface area contributed by atoms with E-state index in [1.54, 1.807) is 0 Å². The SMILES string of the molecule is O.O.[Ge].[Si]. The van der Waals surface area contributed by atoms with Crippen LogP contribution >= 0.6 is 0 Å². The van der Waals surface area contributed by atoms with Crippen molar-refractivity contribution >= 4 is 28.6 Å². The van der Waals surface area contributed by atoms with Crippen molar-refractivity contribution in [1.29, 1.82) is 0 Å². The molecule has 24 valence electrons. The number of rotatable bonds is 0. The first-order valence-corrected chi connectivity index (χ1v) is 0. The molecule has 0 aliphatic rings. The van der Waals surface area contributed by atoms with Gasteiger partial charge in [-0.3, -0.25) is 0 Å². The van der Waals surface area contributed by atoms with Gasteiger partial charge in [0, 0.05) is 28.6 Å². The molecule has 0 aromatic rings. The van der Waals surface area contributed by atoms with Gasteiger partial charge in [-0.1, -0.05) is 0 Å². The summed E-state index contributed by atoms with van der Waals surface area (Å²) < 4.78 is 0.